The van der Waals surface area contributed by atoms with E-state index >= 15 is 0 Å². The molecular weight excluding hydrogens is 336 g/mol. The first-order valence-corrected chi connectivity index (χ1v) is 9.31. The Labute approximate surface area is 147 Å². The van der Waals surface area contributed by atoms with E-state index < -0.39 is 0 Å². The minimum atomic E-state index is -0.287. The number of thiophene rings is 2. The van der Waals surface area contributed by atoms with Gasteiger partial charge in [-0.25, -0.2) is 4.79 Å². The van der Waals surface area contributed by atoms with Gasteiger partial charge >= 0.3 is 5.63 Å². The maximum atomic E-state index is 12.2. The van der Waals surface area contributed by atoms with E-state index in [9.17, 15) is 4.79 Å². The minimum absolute atomic E-state index is 0.287. The van der Waals surface area contributed by atoms with Gasteiger partial charge in [-0.2, -0.15) is 0 Å². The third-order valence-electron chi connectivity index (χ3n) is 3.71. The molecule has 1 aromatic carbocycles. The maximum absolute atomic E-state index is 12.2. The van der Waals surface area contributed by atoms with Crippen molar-refractivity contribution in [2.24, 2.45) is 0 Å². The Morgan fingerprint density at radius 3 is 2.83 bits per heavy atom. The summed E-state index contributed by atoms with van der Waals surface area (Å²) >= 11 is 3.36. The molecule has 0 fully saturated rings. The molecule has 0 radical (unpaired) electrons. The molecular formula is C20H14O2S2. The van der Waals surface area contributed by atoms with Crippen LogP contribution < -0.4 is 5.63 Å². The van der Waals surface area contributed by atoms with E-state index in [1.54, 1.807) is 22.7 Å². The maximum Gasteiger partial charge on any atom is 0.345 e. The summed E-state index contributed by atoms with van der Waals surface area (Å²) in [5, 5.41) is 3.03. The molecule has 4 aromatic rings. The van der Waals surface area contributed by atoms with Crippen LogP contribution in [0.3, 0.4) is 0 Å². The van der Waals surface area contributed by atoms with Crippen molar-refractivity contribution in [3.05, 3.63) is 86.2 Å². The molecule has 0 aliphatic heterocycles. The van der Waals surface area contributed by atoms with Crippen LogP contribution in [0.1, 0.15) is 9.75 Å². The molecule has 24 heavy (non-hydrogen) atoms. The van der Waals surface area contributed by atoms with Gasteiger partial charge in [0.2, 0.25) is 0 Å². The second kappa shape index (κ2) is 6.59. The van der Waals surface area contributed by atoms with Crippen LogP contribution in [-0.2, 0) is 6.42 Å². The van der Waals surface area contributed by atoms with Gasteiger partial charge < -0.3 is 4.42 Å². The van der Waals surface area contributed by atoms with Crippen LogP contribution in [0.5, 0.6) is 0 Å². The van der Waals surface area contributed by atoms with E-state index in [0.29, 0.717) is 11.1 Å². The predicted octanol–water partition coefficient (Wildman–Crippen LogP) is 5.84. The number of para-hydroxylation sites is 1. The number of fused-ring (bicyclic) bond motifs is 1. The Kier molecular flexibility index (Phi) is 4.15. The summed E-state index contributed by atoms with van der Waals surface area (Å²) in [6.07, 6.45) is 5.20. The first-order chi connectivity index (χ1) is 11.8. The molecule has 0 bridgehead atoms. The minimum Gasteiger partial charge on any atom is -0.422 e. The van der Waals surface area contributed by atoms with E-state index in [1.165, 1.54) is 4.88 Å². The number of hydrogen-bond acceptors (Lipinski definition) is 4. The topological polar surface area (TPSA) is 30.2 Å². The molecule has 0 saturated carbocycles. The second-order valence-corrected chi connectivity index (χ2v) is 7.52. The summed E-state index contributed by atoms with van der Waals surface area (Å²) in [4.78, 5) is 15.7. The van der Waals surface area contributed by atoms with E-state index in [4.69, 9.17) is 4.42 Å². The first kappa shape index (κ1) is 15.1. The average Bonchev–Trinajstić information content (AvgIpc) is 3.26. The average molecular weight is 350 g/mol. The standard InChI is InChI=1S/C20H14O2S2/c21-20-17(13-14-5-1-2-9-18(14)22-20)19-11-10-16(24-19)7-3-6-15-8-4-12-23-15/h1-5,7-13H,6H2. The van der Waals surface area contributed by atoms with Crippen LogP contribution in [0.4, 0.5) is 0 Å². The molecule has 0 aliphatic carbocycles. The molecule has 0 aliphatic rings. The van der Waals surface area contributed by atoms with Crippen molar-refractivity contribution in [2.75, 3.05) is 0 Å². The Hall–Kier alpha value is -2.43. The SMILES string of the molecule is O=c1oc2ccccc2cc1-c1ccc(C=CCc2cccs2)s1. The highest BCUT2D eigenvalue weighted by molar-refractivity contribution is 7.16. The van der Waals surface area contributed by atoms with E-state index in [2.05, 4.69) is 29.7 Å². The summed E-state index contributed by atoms with van der Waals surface area (Å²) in [7, 11) is 0. The molecule has 3 aromatic heterocycles. The van der Waals surface area contributed by atoms with Crippen molar-refractivity contribution in [1.82, 2.24) is 0 Å². The predicted molar refractivity (Wildman–Crippen MR) is 103 cm³/mol. The third-order valence-corrected chi connectivity index (χ3v) is 5.70. The van der Waals surface area contributed by atoms with Gasteiger partial charge in [-0.15, -0.1) is 22.7 Å². The van der Waals surface area contributed by atoms with Crippen LogP contribution in [0.25, 0.3) is 27.5 Å². The highest BCUT2D eigenvalue weighted by Crippen LogP contribution is 2.28. The molecule has 0 N–H and O–H groups in total. The van der Waals surface area contributed by atoms with Gasteiger partial charge in [0.15, 0.2) is 0 Å². The lowest BCUT2D eigenvalue weighted by Crippen LogP contribution is -2.01. The van der Waals surface area contributed by atoms with Gasteiger partial charge in [0.1, 0.15) is 5.58 Å². The van der Waals surface area contributed by atoms with Crippen molar-refractivity contribution in [3.63, 3.8) is 0 Å². The molecule has 0 atom stereocenters. The summed E-state index contributed by atoms with van der Waals surface area (Å²) in [6.45, 7) is 0. The lowest BCUT2D eigenvalue weighted by atomic mass is 10.1. The monoisotopic (exact) mass is 350 g/mol. The van der Waals surface area contributed by atoms with Gasteiger partial charge in [-0.05, 0) is 41.8 Å². The molecule has 118 valence electrons. The summed E-state index contributed by atoms with van der Waals surface area (Å²) in [6, 6.07) is 17.7. The molecule has 4 heteroatoms. The fraction of sp³-hybridized carbons (Fsp3) is 0.0500. The molecule has 2 nitrogen and oxygen atoms in total. The molecule has 0 unspecified atom stereocenters. The third kappa shape index (κ3) is 3.11. The van der Waals surface area contributed by atoms with Crippen LogP contribution in [0.15, 0.2) is 75.3 Å². The zero-order chi connectivity index (χ0) is 16.4. The van der Waals surface area contributed by atoms with Gasteiger partial charge in [0.05, 0.1) is 5.56 Å². The summed E-state index contributed by atoms with van der Waals surface area (Å²) < 4.78 is 5.42. The van der Waals surface area contributed by atoms with Crippen LogP contribution in [-0.4, -0.2) is 0 Å². The zero-order valence-electron chi connectivity index (χ0n) is 12.8. The van der Waals surface area contributed by atoms with Gasteiger partial charge in [-0.3, -0.25) is 0 Å². The normalized spacial score (nSPS) is 11.5. The number of allylic oxidation sites excluding steroid dienone is 1. The van der Waals surface area contributed by atoms with Crippen molar-refractivity contribution in [3.8, 4) is 10.4 Å². The van der Waals surface area contributed by atoms with Crippen molar-refractivity contribution >= 4 is 39.7 Å². The van der Waals surface area contributed by atoms with Crippen LogP contribution in [0, 0.1) is 0 Å². The quantitative estimate of drug-likeness (QED) is 0.433. The Balaban J connectivity index is 1.61. The fourth-order valence-corrected chi connectivity index (χ4v) is 4.16. The molecule has 4 rings (SSSR count). The lowest BCUT2D eigenvalue weighted by molar-refractivity contribution is 0.564. The zero-order valence-corrected chi connectivity index (χ0v) is 14.4. The lowest BCUT2D eigenvalue weighted by Gasteiger charge is -1.99. The number of hydrogen-bond donors (Lipinski definition) is 0. The highest BCUT2D eigenvalue weighted by Gasteiger charge is 2.09. The molecule has 0 amide bonds. The van der Waals surface area contributed by atoms with Crippen molar-refractivity contribution in [2.45, 2.75) is 6.42 Å². The van der Waals surface area contributed by atoms with E-state index in [-0.39, 0.29) is 5.63 Å². The number of benzene rings is 1. The van der Waals surface area contributed by atoms with Gasteiger partial charge in [0, 0.05) is 26.4 Å². The summed E-state index contributed by atoms with van der Waals surface area (Å²) in [5.41, 5.74) is 0.958. The van der Waals surface area contributed by atoms with Crippen LogP contribution in [0.2, 0.25) is 0 Å². The largest absolute Gasteiger partial charge is 0.422 e. The van der Waals surface area contributed by atoms with Crippen LogP contribution >= 0.6 is 22.7 Å². The Morgan fingerprint density at radius 1 is 1.04 bits per heavy atom. The highest BCUT2D eigenvalue weighted by atomic mass is 32.1. The van der Waals surface area contributed by atoms with Crippen molar-refractivity contribution < 1.29 is 4.42 Å². The van der Waals surface area contributed by atoms with Gasteiger partial charge in [-0.1, -0.05) is 30.3 Å². The number of rotatable bonds is 4. The van der Waals surface area contributed by atoms with E-state index in [1.807, 2.05) is 42.5 Å². The molecule has 3 heterocycles. The summed E-state index contributed by atoms with van der Waals surface area (Å²) in [5.74, 6) is 0. The van der Waals surface area contributed by atoms with Gasteiger partial charge in [0.25, 0.3) is 0 Å². The smallest absolute Gasteiger partial charge is 0.345 e. The van der Waals surface area contributed by atoms with Crippen molar-refractivity contribution in [1.29, 1.82) is 0 Å². The molecule has 0 saturated heterocycles. The Morgan fingerprint density at radius 2 is 1.96 bits per heavy atom. The first-order valence-electron chi connectivity index (χ1n) is 7.61. The molecule has 0 spiro atoms. The Bertz CT molecular complexity index is 1050. The second-order valence-electron chi connectivity index (χ2n) is 5.37. The van der Waals surface area contributed by atoms with E-state index in [0.717, 1.165) is 21.6 Å². The fourth-order valence-electron chi connectivity index (χ4n) is 2.54.